The lowest BCUT2D eigenvalue weighted by Crippen LogP contribution is -2.33. The zero-order valence-corrected chi connectivity index (χ0v) is 10.5. The number of benzene rings is 1. The first-order chi connectivity index (χ1) is 8.03. The van der Waals surface area contributed by atoms with Gasteiger partial charge in [0.05, 0.1) is 12.2 Å². The molecule has 1 nitrogen and oxygen atoms in total. The predicted octanol–water partition coefficient (Wildman–Crippen LogP) is 3.57. The second kappa shape index (κ2) is 3.55. The van der Waals surface area contributed by atoms with Crippen molar-refractivity contribution < 1.29 is 9.13 Å². The average Bonchev–Trinajstić information content (AvgIpc) is 3.04. The van der Waals surface area contributed by atoms with Gasteiger partial charge in [0, 0.05) is 0 Å². The third kappa shape index (κ3) is 1.70. The summed E-state index contributed by atoms with van der Waals surface area (Å²) < 4.78 is 18.7. The maximum atomic E-state index is 12.9. The largest absolute Gasteiger partial charge is 0.369 e. The summed E-state index contributed by atoms with van der Waals surface area (Å²) in [6.07, 6.45) is 3.48. The zero-order chi connectivity index (χ0) is 12.1. The van der Waals surface area contributed by atoms with Crippen LogP contribution in [-0.4, -0.2) is 12.2 Å². The molecule has 1 aromatic carbocycles. The van der Waals surface area contributed by atoms with Crippen molar-refractivity contribution in [1.82, 2.24) is 0 Å². The van der Waals surface area contributed by atoms with Gasteiger partial charge < -0.3 is 4.74 Å². The number of epoxide rings is 1. The van der Waals surface area contributed by atoms with Crippen LogP contribution in [0.3, 0.4) is 0 Å². The topological polar surface area (TPSA) is 12.5 Å². The summed E-state index contributed by atoms with van der Waals surface area (Å²) in [6.45, 7) is 5.53. The first kappa shape index (κ1) is 11.2. The molecule has 1 aliphatic heterocycles. The summed E-state index contributed by atoms with van der Waals surface area (Å²) in [5, 5.41) is 0. The van der Waals surface area contributed by atoms with Gasteiger partial charge in [-0.05, 0) is 48.3 Å². The fourth-order valence-electron chi connectivity index (χ4n) is 3.41. The third-order valence-corrected chi connectivity index (χ3v) is 4.77. The highest BCUT2D eigenvalue weighted by atomic mass is 19.1. The van der Waals surface area contributed by atoms with Gasteiger partial charge in [0.25, 0.3) is 0 Å². The van der Waals surface area contributed by atoms with Gasteiger partial charge in [0.1, 0.15) is 5.82 Å². The maximum Gasteiger partial charge on any atom is 0.123 e. The molecule has 1 spiro atoms. The Balaban J connectivity index is 1.77. The van der Waals surface area contributed by atoms with Crippen molar-refractivity contribution >= 4 is 0 Å². The Kier molecular flexibility index (Phi) is 2.34. The number of hydrogen-bond donors (Lipinski definition) is 0. The minimum Gasteiger partial charge on any atom is -0.369 e. The predicted molar refractivity (Wildman–Crippen MR) is 65.3 cm³/mol. The lowest BCUT2D eigenvalue weighted by Gasteiger charge is -2.27. The normalized spacial score (nSPS) is 34.2. The van der Waals surface area contributed by atoms with E-state index in [-0.39, 0.29) is 11.4 Å². The summed E-state index contributed by atoms with van der Waals surface area (Å²) in [4.78, 5) is 0. The number of hydrogen-bond acceptors (Lipinski definition) is 1. The van der Waals surface area contributed by atoms with Crippen molar-refractivity contribution in [3.63, 3.8) is 0 Å². The molecule has 0 bridgehead atoms. The molecule has 3 rings (SSSR count). The molecule has 2 aliphatic rings. The van der Waals surface area contributed by atoms with Gasteiger partial charge in [-0.2, -0.15) is 0 Å². The van der Waals surface area contributed by atoms with Crippen molar-refractivity contribution in [2.75, 3.05) is 6.61 Å². The van der Waals surface area contributed by atoms with E-state index in [4.69, 9.17) is 4.74 Å². The molecule has 2 heteroatoms. The Morgan fingerprint density at radius 2 is 1.94 bits per heavy atom. The monoisotopic (exact) mass is 234 g/mol. The Morgan fingerprint density at radius 1 is 1.29 bits per heavy atom. The van der Waals surface area contributed by atoms with Gasteiger partial charge in [-0.15, -0.1) is 0 Å². The highest BCUT2D eigenvalue weighted by Crippen LogP contribution is 2.59. The van der Waals surface area contributed by atoms with Gasteiger partial charge in [-0.1, -0.05) is 26.0 Å². The molecule has 1 heterocycles. The molecule has 2 fully saturated rings. The number of halogens is 1. The lowest BCUT2D eigenvalue weighted by atomic mass is 9.77. The van der Waals surface area contributed by atoms with E-state index in [1.54, 1.807) is 12.1 Å². The second-order valence-corrected chi connectivity index (χ2v) is 6.13. The van der Waals surface area contributed by atoms with Crippen LogP contribution in [0.4, 0.5) is 4.39 Å². The summed E-state index contributed by atoms with van der Waals surface area (Å²) >= 11 is 0. The Labute approximate surface area is 102 Å². The van der Waals surface area contributed by atoms with Crippen LogP contribution in [0.25, 0.3) is 0 Å². The second-order valence-electron chi connectivity index (χ2n) is 6.13. The molecule has 0 radical (unpaired) electrons. The Hall–Kier alpha value is -0.890. The van der Waals surface area contributed by atoms with Crippen LogP contribution in [0.5, 0.6) is 0 Å². The van der Waals surface area contributed by atoms with Crippen LogP contribution in [0.1, 0.15) is 32.3 Å². The zero-order valence-electron chi connectivity index (χ0n) is 10.5. The first-order valence-electron chi connectivity index (χ1n) is 6.42. The van der Waals surface area contributed by atoms with Gasteiger partial charge in [0.15, 0.2) is 0 Å². The summed E-state index contributed by atoms with van der Waals surface area (Å²) in [5.41, 5.74) is 1.64. The lowest BCUT2D eigenvalue weighted by molar-refractivity contribution is 0.136. The van der Waals surface area contributed by atoms with Gasteiger partial charge >= 0.3 is 0 Å². The molecule has 0 aromatic heterocycles. The van der Waals surface area contributed by atoms with E-state index >= 15 is 0 Å². The minimum absolute atomic E-state index is 0.112. The molecular weight excluding hydrogens is 215 g/mol. The number of ether oxygens (including phenoxy) is 1. The smallest absolute Gasteiger partial charge is 0.123 e. The van der Waals surface area contributed by atoms with Crippen molar-refractivity contribution in [3.8, 4) is 0 Å². The van der Waals surface area contributed by atoms with Crippen molar-refractivity contribution in [2.24, 2.45) is 11.3 Å². The molecule has 2 unspecified atom stereocenters. The fourth-order valence-corrected chi connectivity index (χ4v) is 3.41. The van der Waals surface area contributed by atoms with E-state index in [9.17, 15) is 4.39 Å². The molecule has 0 N–H and O–H groups in total. The van der Waals surface area contributed by atoms with Gasteiger partial charge in [-0.25, -0.2) is 4.39 Å². The molecule has 2 atom stereocenters. The first-order valence-corrected chi connectivity index (χ1v) is 6.42. The fraction of sp³-hybridized carbons (Fsp3) is 0.600. The van der Waals surface area contributed by atoms with E-state index in [0.29, 0.717) is 11.3 Å². The third-order valence-electron chi connectivity index (χ3n) is 4.77. The standard InChI is InChI=1S/C15H19FO/c1-14(2)8-7-12(15(14)10-17-15)9-11-3-5-13(16)6-4-11/h3-6,12H,7-10H2,1-2H3. The molecular formula is C15H19FO. The quantitative estimate of drug-likeness (QED) is 0.713. The molecule has 0 amide bonds. The van der Waals surface area contributed by atoms with E-state index in [2.05, 4.69) is 13.8 Å². The van der Waals surface area contributed by atoms with Crippen molar-refractivity contribution in [2.45, 2.75) is 38.7 Å². The molecule has 1 aromatic rings. The molecule has 1 saturated carbocycles. The van der Waals surface area contributed by atoms with Crippen molar-refractivity contribution in [1.29, 1.82) is 0 Å². The Morgan fingerprint density at radius 3 is 2.53 bits per heavy atom. The van der Waals surface area contributed by atoms with E-state index in [1.165, 1.54) is 18.4 Å². The molecule has 1 aliphatic carbocycles. The number of rotatable bonds is 2. The van der Waals surface area contributed by atoms with Crippen LogP contribution in [0, 0.1) is 17.2 Å². The molecule has 1 saturated heterocycles. The van der Waals surface area contributed by atoms with E-state index in [0.717, 1.165) is 13.0 Å². The highest BCUT2D eigenvalue weighted by molar-refractivity contribution is 5.21. The average molecular weight is 234 g/mol. The van der Waals surface area contributed by atoms with Gasteiger partial charge in [0.2, 0.25) is 0 Å². The van der Waals surface area contributed by atoms with E-state index < -0.39 is 0 Å². The summed E-state index contributed by atoms with van der Waals surface area (Å²) in [7, 11) is 0. The SMILES string of the molecule is CC1(C)CCC(Cc2ccc(F)cc2)C12CO2. The van der Waals surface area contributed by atoms with Gasteiger partial charge in [-0.3, -0.25) is 0 Å². The van der Waals surface area contributed by atoms with E-state index in [1.807, 2.05) is 12.1 Å². The van der Waals surface area contributed by atoms with Crippen LogP contribution in [-0.2, 0) is 11.2 Å². The summed E-state index contributed by atoms with van der Waals surface area (Å²) in [6, 6.07) is 6.90. The molecule has 17 heavy (non-hydrogen) atoms. The van der Waals surface area contributed by atoms with Crippen LogP contribution < -0.4 is 0 Å². The van der Waals surface area contributed by atoms with Crippen molar-refractivity contribution in [3.05, 3.63) is 35.6 Å². The molecule has 92 valence electrons. The summed E-state index contributed by atoms with van der Waals surface area (Å²) in [5.74, 6) is 0.445. The minimum atomic E-state index is -0.155. The Bertz CT molecular complexity index is 417. The maximum absolute atomic E-state index is 12.9. The van der Waals surface area contributed by atoms with Crippen LogP contribution >= 0.6 is 0 Å². The van der Waals surface area contributed by atoms with Crippen LogP contribution in [0.2, 0.25) is 0 Å². The van der Waals surface area contributed by atoms with Crippen LogP contribution in [0.15, 0.2) is 24.3 Å². The highest BCUT2D eigenvalue weighted by Gasteiger charge is 2.64.